The fraction of sp³-hybridized carbons (Fsp3) is 0.125. The highest BCUT2D eigenvalue weighted by Crippen LogP contribution is 2.16. The molecule has 0 unspecified atom stereocenters. The minimum atomic E-state index is -0.392. The van der Waals surface area contributed by atoms with Crippen molar-refractivity contribution in [2.75, 3.05) is 0 Å². The Kier molecular flexibility index (Phi) is 4.11. The van der Waals surface area contributed by atoms with Gasteiger partial charge in [0, 0.05) is 0 Å². The predicted octanol–water partition coefficient (Wildman–Crippen LogP) is 2.57. The van der Waals surface area contributed by atoms with Crippen molar-refractivity contribution < 1.29 is 9.13 Å². The van der Waals surface area contributed by atoms with Crippen molar-refractivity contribution in [3.05, 3.63) is 77.6 Å². The lowest BCUT2D eigenvalue weighted by molar-refractivity contribution is 0.296. The number of ether oxygens (including phenoxy) is 1. The molecule has 5 nitrogen and oxygen atoms in total. The third-order valence-corrected chi connectivity index (χ3v) is 3.18. The summed E-state index contributed by atoms with van der Waals surface area (Å²) in [7, 11) is 0. The monoisotopic (exact) mass is 298 g/mol. The molecule has 112 valence electrons. The van der Waals surface area contributed by atoms with Gasteiger partial charge < -0.3 is 10.5 Å². The van der Waals surface area contributed by atoms with Gasteiger partial charge in [0.25, 0.3) is 0 Å². The Morgan fingerprint density at radius 1 is 1.09 bits per heavy atom. The maximum Gasteiger partial charge on any atom is 0.172 e. The Labute approximate surface area is 127 Å². The third-order valence-electron chi connectivity index (χ3n) is 3.18. The number of rotatable bonds is 5. The van der Waals surface area contributed by atoms with E-state index in [-0.39, 0.29) is 12.4 Å². The smallest absolute Gasteiger partial charge is 0.172 e. The molecule has 0 amide bonds. The molecule has 0 radical (unpaired) electrons. The Balaban J connectivity index is 1.65. The minimum Gasteiger partial charge on any atom is -0.486 e. The molecule has 3 rings (SSSR count). The second-order valence-electron chi connectivity index (χ2n) is 4.77. The first kappa shape index (κ1) is 14.2. The van der Waals surface area contributed by atoms with Gasteiger partial charge in [0.15, 0.2) is 11.6 Å². The van der Waals surface area contributed by atoms with Crippen LogP contribution in [0.1, 0.15) is 23.3 Å². The zero-order chi connectivity index (χ0) is 15.4. The average molecular weight is 298 g/mol. The SMILES string of the molecule is N[C@@H](c1ccccc1)c1n[nH]c(COc2ccc(F)cc2)n1. The number of nitrogens with zero attached hydrogens (tertiary/aromatic N) is 2. The summed E-state index contributed by atoms with van der Waals surface area (Å²) in [4.78, 5) is 4.33. The van der Waals surface area contributed by atoms with Crippen LogP contribution in [0.5, 0.6) is 5.75 Å². The summed E-state index contributed by atoms with van der Waals surface area (Å²) in [5.74, 6) is 1.32. The van der Waals surface area contributed by atoms with E-state index in [1.54, 1.807) is 12.1 Å². The molecule has 6 heteroatoms. The van der Waals surface area contributed by atoms with Crippen molar-refractivity contribution in [1.82, 2.24) is 15.2 Å². The predicted molar refractivity (Wildman–Crippen MR) is 79.6 cm³/mol. The molecule has 3 N–H and O–H groups in total. The molecule has 0 spiro atoms. The molecule has 0 aliphatic rings. The lowest BCUT2D eigenvalue weighted by Gasteiger charge is -2.07. The highest BCUT2D eigenvalue weighted by atomic mass is 19.1. The fourth-order valence-corrected chi connectivity index (χ4v) is 2.01. The van der Waals surface area contributed by atoms with E-state index in [0.29, 0.717) is 17.4 Å². The van der Waals surface area contributed by atoms with Gasteiger partial charge in [-0.25, -0.2) is 9.37 Å². The van der Waals surface area contributed by atoms with Crippen LogP contribution in [0.3, 0.4) is 0 Å². The van der Waals surface area contributed by atoms with Crippen molar-refractivity contribution in [3.63, 3.8) is 0 Å². The molecule has 0 bridgehead atoms. The van der Waals surface area contributed by atoms with Crippen molar-refractivity contribution in [3.8, 4) is 5.75 Å². The van der Waals surface area contributed by atoms with Crippen LogP contribution in [0.4, 0.5) is 4.39 Å². The van der Waals surface area contributed by atoms with Gasteiger partial charge in [0.1, 0.15) is 18.2 Å². The highest BCUT2D eigenvalue weighted by molar-refractivity contribution is 5.24. The molecule has 0 aliphatic carbocycles. The lowest BCUT2D eigenvalue weighted by atomic mass is 10.1. The van der Waals surface area contributed by atoms with Crippen molar-refractivity contribution in [2.45, 2.75) is 12.6 Å². The number of hydrogen-bond donors (Lipinski definition) is 2. The van der Waals surface area contributed by atoms with Gasteiger partial charge in [-0.05, 0) is 29.8 Å². The molecule has 0 saturated heterocycles. The van der Waals surface area contributed by atoms with E-state index in [1.807, 2.05) is 30.3 Å². The van der Waals surface area contributed by atoms with Crippen LogP contribution in [-0.2, 0) is 6.61 Å². The first-order valence-electron chi connectivity index (χ1n) is 6.82. The Morgan fingerprint density at radius 2 is 1.82 bits per heavy atom. The maximum atomic E-state index is 12.8. The number of aromatic amines is 1. The summed E-state index contributed by atoms with van der Waals surface area (Å²) in [6.45, 7) is 0.208. The highest BCUT2D eigenvalue weighted by Gasteiger charge is 2.14. The molecule has 2 aromatic carbocycles. The van der Waals surface area contributed by atoms with Crippen LogP contribution >= 0.6 is 0 Å². The Hall–Kier alpha value is -2.73. The molecule has 0 fully saturated rings. The first-order valence-corrected chi connectivity index (χ1v) is 6.82. The quantitative estimate of drug-likeness (QED) is 0.759. The van der Waals surface area contributed by atoms with Gasteiger partial charge in [-0.1, -0.05) is 30.3 Å². The summed E-state index contributed by atoms with van der Waals surface area (Å²) in [5.41, 5.74) is 7.06. The van der Waals surface area contributed by atoms with E-state index in [1.165, 1.54) is 12.1 Å². The number of nitrogens with one attached hydrogen (secondary N) is 1. The number of H-pyrrole nitrogens is 1. The van der Waals surface area contributed by atoms with Crippen LogP contribution in [0, 0.1) is 5.82 Å². The van der Waals surface area contributed by atoms with E-state index in [4.69, 9.17) is 10.5 Å². The summed E-state index contributed by atoms with van der Waals surface area (Å²) >= 11 is 0. The summed E-state index contributed by atoms with van der Waals surface area (Å²) in [6.07, 6.45) is 0. The Bertz CT molecular complexity index is 727. The number of hydrogen-bond acceptors (Lipinski definition) is 4. The van der Waals surface area contributed by atoms with Crippen molar-refractivity contribution >= 4 is 0 Å². The van der Waals surface area contributed by atoms with Crippen LogP contribution in [0.15, 0.2) is 54.6 Å². The maximum absolute atomic E-state index is 12.8. The molecule has 3 aromatic rings. The second-order valence-corrected chi connectivity index (χ2v) is 4.77. The van der Waals surface area contributed by atoms with Gasteiger partial charge in [0.2, 0.25) is 0 Å². The number of benzene rings is 2. The number of aromatic nitrogens is 3. The van der Waals surface area contributed by atoms with Gasteiger partial charge in [-0.15, -0.1) is 0 Å². The van der Waals surface area contributed by atoms with Gasteiger partial charge in [-0.3, -0.25) is 5.10 Å². The number of nitrogens with two attached hydrogens (primary N) is 1. The standard InChI is InChI=1S/C16H15FN4O/c17-12-6-8-13(9-7-12)22-10-14-19-16(21-20-14)15(18)11-4-2-1-3-5-11/h1-9,15H,10,18H2,(H,19,20,21)/t15-/m0/s1. The molecular weight excluding hydrogens is 283 g/mol. The van der Waals surface area contributed by atoms with Crippen LogP contribution < -0.4 is 10.5 Å². The van der Waals surface area contributed by atoms with Crippen LogP contribution in [0.25, 0.3) is 0 Å². The van der Waals surface area contributed by atoms with E-state index < -0.39 is 6.04 Å². The molecular formula is C16H15FN4O. The van der Waals surface area contributed by atoms with Gasteiger partial charge in [0.05, 0.1) is 6.04 Å². The van der Waals surface area contributed by atoms with Crippen LogP contribution in [0.2, 0.25) is 0 Å². The van der Waals surface area contributed by atoms with Gasteiger partial charge in [-0.2, -0.15) is 5.10 Å². The fourth-order valence-electron chi connectivity index (χ4n) is 2.01. The molecule has 22 heavy (non-hydrogen) atoms. The second kappa shape index (κ2) is 6.36. The van der Waals surface area contributed by atoms with Gasteiger partial charge >= 0.3 is 0 Å². The first-order chi connectivity index (χ1) is 10.7. The Morgan fingerprint density at radius 3 is 2.55 bits per heavy atom. The van der Waals surface area contributed by atoms with Crippen molar-refractivity contribution in [1.29, 1.82) is 0 Å². The topological polar surface area (TPSA) is 76.8 Å². The summed E-state index contributed by atoms with van der Waals surface area (Å²) < 4.78 is 18.3. The van der Waals surface area contributed by atoms with E-state index >= 15 is 0 Å². The molecule has 1 heterocycles. The largest absolute Gasteiger partial charge is 0.486 e. The minimum absolute atomic E-state index is 0.208. The number of halogens is 1. The van der Waals surface area contributed by atoms with Crippen LogP contribution in [-0.4, -0.2) is 15.2 Å². The molecule has 0 saturated carbocycles. The summed E-state index contributed by atoms with van der Waals surface area (Å²) in [5, 5.41) is 6.92. The zero-order valence-corrected chi connectivity index (χ0v) is 11.7. The van der Waals surface area contributed by atoms with E-state index in [0.717, 1.165) is 5.56 Å². The normalized spacial score (nSPS) is 12.1. The molecule has 1 atom stereocenters. The third kappa shape index (κ3) is 3.29. The zero-order valence-electron chi connectivity index (χ0n) is 11.7. The van der Waals surface area contributed by atoms with Crippen molar-refractivity contribution in [2.24, 2.45) is 5.73 Å². The summed E-state index contributed by atoms with van der Waals surface area (Å²) in [6, 6.07) is 15.0. The lowest BCUT2D eigenvalue weighted by Crippen LogP contribution is -2.13. The molecule has 1 aromatic heterocycles. The average Bonchev–Trinajstić information content (AvgIpc) is 3.03. The van der Waals surface area contributed by atoms with E-state index in [2.05, 4.69) is 15.2 Å². The molecule has 0 aliphatic heterocycles. The van der Waals surface area contributed by atoms with E-state index in [9.17, 15) is 4.39 Å².